The molecule has 1 heterocycles. The lowest BCUT2D eigenvalue weighted by Gasteiger charge is -2.30. The molecule has 3 N–H and O–H groups in total. The fourth-order valence-electron chi connectivity index (χ4n) is 1.54. The zero-order chi connectivity index (χ0) is 10.7. The first-order chi connectivity index (χ1) is 7.35. The minimum atomic E-state index is -0.137. The summed E-state index contributed by atoms with van der Waals surface area (Å²) in [5.41, 5.74) is 2.63. The van der Waals surface area contributed by atoms with Crippen molar-refractivity contribution >= 4 is 0 Å². The summed E-state index contributed by atoms with van der Waals surface area (Å²) in [5.74, 6) is 6.90. The summed E-state index contributed by atoms with van der Waals surface area (Å²) in [5, 5.41) is 0. The molecule has 0 aromatic heterocycles. The number of nitrogens with two attached hydrogens (primary N) is 1. The molecule has 1 aromatic rings. The van der Waals surface area contributed by atoms with E-state index in [1.165, 1.54) is 0 Å². The van der Waals surface area contributed by atoms with Gasteiger partial charge < -0.3 is 9.47 Å². The van der Waals surface area contributed by atoms with Crippen LogP contribution in [0.15, 0.2) is 36.9 Å². The van der Waals surface area contributed by atoms with Crippen LogP contribution in [0.25, 0.3) is 0 Å². The molecular weight excluding hydrogens is 192 g/mol. The van der Waals surface area contributed by atoms with Crippen LogP contribution >= 0.6 is 0 Å². The highest BCUT2D eigenvalue weighted by Crippen LogP contribution is 2.31. The number of hydrazine groups is 1. The van der Waals surface area contributed by atoms with Crippen LogP contribution in [0.2, 0.25) is 0 Å². The molecule has 0 saturated heterocycles. The number of fused-ring (bicyclic) bond motifs is 1. The number of para-hydroxylation sites is 2. The van der Waals surface area contributed by atoms with Gasteiger partial charge in [-0.3, -0.25) is 5.84 Å². The van der Waals surface area contributed by atoms with Crippen molar-refractivity contribution in [1.82, 2.24) is 5.43 Å². The number of rotatable bonds is 3. The van der Waals surface area contributed by atoms with Crippen molar-refractivity contribution in [2.24, 2.45) is 5.84 Å². The van der Waals surface area contributed by atoms with E-state index in [2.05, 4.69) is 12.0 Å². The van der Waals surface area contributed by atoms with Gasteiger partial charge in [0, 0.05) is 0 Å². The molecule has 80 valence electrons. The van der Waals surface area contributed by atoms with E-state index in [0.29, 0.717) is 6.61 Å². The SMILES string of the molecule is C=CC(NN)C1COc2ccccc2O1. The second-order valence-corrected chi connectivity index (χ2v) is 3.34. The van der Waals surface area contributed by atoms with E-state index in [4.69, 9.17) is 15.3 Å². The van der Waals surface area contributed by atoms with Gasteiger partial charge in [-0.1, -0.05) is 18.2 Å². The van der Waals surface area contributed by atoms with Crippen LogP contribution in [0, 0.1) is 0 Å². The third-order valence-electron chi connectivity index (χ3n) is 2.38. The van der Waals surface area contributed by atoms with Gasteiger partial charge in [0.1, 0.15) is 6.61 Å². The Morgan fingerprint density at radius 1 is 1.47 bits per heavy atom. The van der Waals surface area contributed by atoms with Crippen LogP contribution in [0.1, 0.15) is 0 Å². The van der Waals surface area contributed by atoms with Crippen LogP contribution < -0.4 is 20.7 Å². The summed E-state index contributed by atoms with van der Waals surface area (Å²) in [7, 11) is 0. The van der Waals surface area contributed by atoms with Gasteiger partial charge in [0.15, 0.2) is 17.6 Å². The maximum absolute atomic E-state index is 5.74. The number of hydrogen-bond acceptors (Lipinski definition) is 4. The summed E-state index contributed by atoms with van der Waals surface area (Å²) in [6.07, 6.45) is 1.57. The molecule has 4 heteroatoms. The quantitative estimate of drug-likeness (QED) is 0.437. The summed E-state index contributed by atoms with van der Waals surface area (Å²) >= 11 is 0. The standard InChI is InChI=1S/C11H14N2O2/c1-2-8(13-12)11-7-14-9-5-3-4-6-10(9)15-11/h2-6,8,11,13H,1,7,12H2. The van der Waals surface area contributed by atoms with Crippen LogP contribution in [-0.2, 0) is 0 Å². The first-order valence-electron chi connectivity index (χ1n) is 4.82. The number of nitrogens with one attached hydrogen (secondary N) is 1. The van der Waals surface area contributed by atoms with Crippen molar-refractivity contribution in [2.75, 3.05) is 6.61 Å². The fraction of sp³-hybridized carbons (Fsp3) is 0.273. The Labute approximate surface area is 88.6 Å². The molecule has 0 radical (unpaired) electrons. The molecule has 2 rings (SSSR count). The van der Waals surface area contributed by atoms with E-state index in [1.54, 1.807) is 6.08 Å². The Bertz CT molecular complexity index is 354. The van der Waals surface area contributed by atoms with Crippen LogP contribution in [0.4, 0.5) is 0 Å². The van der Waals surface area contributed by atoms with E-state index >= 15 is 0 Å². The molecule has 0 aliphatic carbocycles. The second-order valence-electron chi connectivity index (χ2n) is 3.34. The number of hydrogen-bond donors (Lipinski definition) is 2. The molecule has 1 aliphatic rings. The number of ether oxygens (including phenoxy) is 2. The Morgan fingerprint density at radius 2 is 2.20 bits per heavy atom. The van der Waals surface area contributed by atoms with Crippen molar-refractivity contribution in [1.29, 1.82) is 0 Å². The van der Waals surface area contributed by atoms with Crippen molar-refractivity contribution in [3.8, 4) is 11.5 Å². The van der Waals surface area contributed by atoms with E-state index < -0.39 is 0 Å². The second kappa shape index (κ2) is 4.33. The molecule has 4 nitrogen and oxygen atoms in total. The van der Waals surface area contributed by atoms with Gasteiger partial charge >= 0.3 is 0 Å². The van der Waals surface area contributed by atoms with Crippen molar-refractivity contribution in [2.45, 2.75) is 12.1 Å². The molecule has 0 saturated carbocycles. The predicted molar refractivity (Wildman–Crippen MR) is 57.7 cm³/mol. The third kappa shape index (κ3) is 1.95. The lowest BCUT2D eigenvalue weighted by molar-refractivity contribution is 0.0738. The van der Waals surface area contributed by atoms with E-state index in [1.807, 2.05) is 24.3 Å². The topological polar surface area (TPSA) is 56.5 Å². The first kappa shape index (κ1) is 10.0. The average Bonchev–Trinajstić information content (AvgIpc) is 2.30. The highest BCUT2D eigenvalue weighted by atomic mass is 16.6. The third-order valence-corrected chi connectivity index (χ3v) is 2.38. The summed E-state index contributed by atoms with van der Waals surface area (Å²) in [4.78, 5) is 0. The van der Waals surface area contributed by atoms with Crippen LogP contribution in [-0.4, -0.2) is 18.8 Å². The zero-order valence-electron chi connectivity index (χ0n) is 8.35. The summed E-state index contributed by atoms with van der Waals surface area (Å²) in [6, 6.07) is 7.46. The highest BCUT2D eigenvalue weighted by Gasteiger charge is 2.25. The van der Waals surface area contributed by atoms with E-state index in [9.17, 15) is 0 Å². The van der Waals surface area contributed by atoms with Gasteiger partial charge in [-0.2, -0.15) is 0 Å². The lowest BCUT2D eigenvalue weighted by atomic mass is 10.1. The maximum atomic E-state index is 5.74. The van der Waals surface area contributed by atoms with Crippen molar-refractivity contribution in [3.05, 3.63) is 36.9 Å². The van der Waals surface area contributed by atoms with Gasteiger partial charge in [0.05, 0.1) is 6.04 Å². The molecule has 15 heavy (non-hydrogen) atoms. The van der Waals surface area contributed by atoms with Crippen molar-refractivity contribution < 1.29 is 9.47 Å². The fourth-order valence-corrected chi connectivity index (χ4v) is 1.54. The minimum absolute atomic E-state index is 0.113. The first-order valence-corrected chi connectivity index (χ1v) is 4.82. The summed E-state index contributed by atoms with van der Waals surface area (Å²) < 4.78 is 11.3. The Morgan fingerprint density at radius 3 is 2.87 bits per heavy atom. The maximum Gasteiger partial charge on any atom is 0.161 e. The van der Waals surface area contributed by atoms with Gasteiger partial charge in [-0.05, 0) is 12.1 Å². The molecule has 2 atom stereocenters. The predicted octanol–water partition coefficient (Wildman–Crippen LogP) is 0.844. The molecule has 2 unspecified atom stereocenters. The average molecular weight is 206 g/mol. The van der Waals surface area contributed by atoms with Crippen LogP contribution in [0.3, 0.4) is 0 Å². The molecule has 0 bridgehead atoms. The Kier molecular flexibility index (Phi) is 2.89. The Hall–Kier alpha value is -1.52. The molecular formula is C11H14N2O2. The minimum Gasteiger partial charge on any atom is -0.486 e. The van der Waals surface area contributed by atoms with Crippen LogP contribution in [0.5, 0.6) is 11.5 Å². The highest BCUT2D eigenvalue weighted by molar-refractivity contribution is 5.40. The van der Waals surface area contributed by atoms with E-state index in [0.717, 1.165) is 11.5 Å². The molecule has 0 fully saturated rings. The lowest BCUT2D eigenvalue weighted by Crippen LogP contribution is -2.49. The van der Waals surface area contributed by atoms with Gasteiger partial charge in [-0.15, -0.1) is 6.58 Å². The van der Waals surface area contributed by atoms with Gasteiger partial charge in [0.2, 0.25) is 0 Å². The Balaban J connectivity index is 2.14. The van der Waals surface area contributed by atoms with Crippen molar-refractivity contribution in [3.63, 3.8) is 0 Å². The molecule has 0 amide bonds. The number of benzene rings is 1. The normalized spacial score (nSPS) is 20.7. The molecule has 1 aliphatic heterocycles. The van der Waals surface area contributed by atoms with Gasteiger partial charge in [0.25, 0.3) is 0 Å². The zero-order valence-corrected chi connectivity index (χ0v) is 8.35. The molecule has 0 spiro atoms. The molecule has 1 aromatic carbocycles. The summed E-state index contributed by atoms with van der Waals surface area (Å²) in [6.45, 7) is 4.16. The smallest absolute Gasteiger partial charge is 0.161 e. The largest absolute Gasteiger partial charge is 0.486 e. The monoisotopic (exact) mass is 206 g/mol. The van der Waals surface area contributed by atoms with E-state index in [-0.39, 0.29) is 12.1 Å². The van der Waals surface area contributed by atoms with Gasteiger partial charge in [-0.25, -0.2) is 5.43 Å².